The molecule has 1 fully saturated rings. The van der Waals surface area contributed by atoms with Gasteiger partial charge < -0.3 is 9.64 Å². The van der Waals surface area contributed by atoms with Crippen molar-refractivity contribution in [2.45, 2.75) is 33.2 Å². The van der Waals surface area contributed by atoms with Crippen LogP contribution in [-0.2, 0) is 6.54 Å². The molecule has 19 heavy (non-hydrogen) atoms. The van der Waals surface area contributed by atoms with Gasteiger partial charge in [0, 0.05) is 13.1 Å². The number of methoxy groups -OCH3 is 1. The number of hydrogen-bond donors (Lipinski definition) is 0. The van der Waals surface area contributed by atoms with Crippen LogP contribution in [0, 0.1) is 30.6 Å². The molecule has 0 amide bonds. The van der Waals surface area contributed by atoms with Crippen LogP contribution in [0.25, 0.3) is 0 Å². The van der Waals surface area contributed by atoms with E-state index in [0.717, 1.165) is 31.7 Å². The number of rotatable bonds is 5. The van der Waals surface area contributed by atoms with E-state index in [4.69, 9.17) is 10.00 Å². The van der Waals surface area contributed by atoms with Gasteiger partial charge in [-0.1, -0.05) is 12.1 Å². The normalized spacial score (nSPS) is 16.2. The van der Waals surface area contributed by atoms with Gasteiger partial charge >= 0.3 is 0 Å². The first-order chi connectivity index (χ1) is 8.99. The Kier molecular flexibility index (Phi) is 3.82. The highest BCUT2D eigenvalue weighted by atomic mass is 16.5. The van der Waals surface area contributed by atoms with Gasteiger partial charge in [-0.15, -0.1) is 0 Å². The second-order valence-electron chi connectivity index (χ2n) is 5.83. The van der Waals surface area contributed by atoms with Gasteiger partial charge in [0.1, 0.15) is 5.75 Å². The molecule has 0 aliphatic heterocycles. The average molecular weight is 258 g/mol. The lowest BCUT2D eigenvalue weighted by molar-refractivity contribution is 0.286. The standard InChI is InChI=1S/C16H22N2O/c1-12-7-14(8-13(2)15(12)19-4)9-18(3)11-16(10-17)5-6-16/h7-8H,5-6,9,11H2,1-4H3. The maximum atomic E-state index is 9.13. The molecule has 0 radical (unpaired) electrons. The lowest BCUT2D eigenvalue weighted by Gasteiger charge is -2.20. The minimum absolute atomic E-state index is 0.0642. The summed E-state index contributed by atoms with van der Waals surface area (Å²) in [5.74, 6) is 0.974. The largest absolute Gasteiger partial charge is 0.496 e. The van der Waals surface area contributed by atoms with Crippen LogP contribution in [0.1, 0.15) is 29.5 Å². The minimum Gasteiger partial charge on any atom is -0.496 e. The van der Waals surface area contributed by atoms with Crippen LogP contribution >= 0.6 is 0 Å². The van der Waals surface area contributed by atoms with Crippen molar-refractivity contribution in [3.8, 4) is 11.8 Å². The van der Waals surface area contributed by atoms with Crippen molar-refractivity contribution in [2.24, 2.45) is 5.41 Å². The molecule has 3 nitrogen and oxygen atoms in total. The molecule has 102 valence electrons. The Balaban J connectivity index is 2.05. The van der Waals surface area contributed by atoms with Gasteiger partial charge in [0.2, 0.25) is 0 Å². The summed E-state index contributed by atoms with van der Waals surface area (Å²) in [4.78, 5) is 2.25. The molecule has 0 bridgehead atoms. The smallest absolute Gasteiger partial charge is 0.124 e. The van der Waals surface area contributed by atoms with Crippen LogP contribution in [-0.4, -0.2) is 25.6 Å². The fourth-order valence-corrected chi connectivity index (χ4v) is 2.79. The minimum atomic E-state index is -0.0642. The first kappa shape index (κ1) is 13.9. The Labute approximate surface area is 115 Å². The molecule has 0 heterocycles. The van der Waals surface area contributed by atoms with E-state index in [1.807, 2.05) is 0 Å². The zero-order valence-corrected chi connectivity index (χ0v) is 12.3. The number of hydrogen-bond acceptors (Lipinski definition) is 3. The second kappa shape index (κ2) is 5.22. The molecule has 0 spiro atoms. The summed E-state index contributed by atoms with van der Waals surface area (Å²) < 4.78 is 5.39. The van der Waals surface area contributed by atoms with Crippen molar-refractivity contribution in [3.63, 3.8) is 0 Å². The second-order valence-corrected chi connectivity index (χ2v) is 5.83. The van der Waals surface area contributed by atoms with E-state index in [-0.39, 0.29) is 5.41 Å². The summed E-state index contributed by atoms with van der Waals surface area (Å²) in [7, 11) is 3.80. The molecule has 1 aromatic rings. The van der Waals surface area contributed by atoms with Crippen LogP contribution in [0.15, 0.2) is 12.1 Å². The molecule has 0 aromatic heterocycles. The van der Waals surface area contributed by atoms with Crippen LogP contribution < -0.4 is 4.74 Å². The first-order valence-electron chi connectivity index (χ1n) is 6.73. The topological polar surface area (TPSA) is 36.3 Å². The monoisotopic (exact) mass is 258 g/mol. The Bertz CT molecular complexity index is 489. The molecule has 2 rings (SSSR count). The third-order valence-corrected chi connectivity index (χ3v) is 3.84. The summed E-state index contributed by atoms with van der Waals surface area (Å²) >= 11 is 0. The summed E-state index contributed by atoms with van der Waals surface area (Å²) in [5.41, 5.74) is 3.57. The van der Waals surface area contributed by atoms with E-state index in [9.17, 15) is 0 Å². The summed E-state index contributed by atoms with van der Waals surface area (Å²) in [6, 6.07) is 6.80. The van der Waals surface area contributed by atoms with E-state index in [2.05, 4.69) is 44.0 Å². The Morgan fingerprint density at radius 3 is 2.32 bits per heavy atom. The quantitative estimate of drug-likeness (QED) is 0.814. The molecule has 1 aliphatic carbocycles. The van der Waals surface area contributed by atoms with Crippen LogP contribution in [0.4, 0.5) is 0 Å². The van der Waals surface area contributed by atoms with E-state index in [0.29, 0.717) is 0 Å². The summed E-state index contributed by atoms with van der Waals surface area (Å²) in [6.07, 6.45) is 2.10. The van der Waals surface area contributed by atoms with E-state index in [1.54, 1.807) is 7.11 Å². The molecule has 0 saturated heterocycles. The van der Waals surface area contributed by atoms with Gasteiger partial charge in [-0.2, -0.15) is 5.26 Å². The molecule has 3 heteroatoms. The molecule has 1 saturated carbocycles. The first-order valence-corrected chi connectivity index (χ1v) is 6.73. The maximum Gasteiger partial charge on any atom is 0.124 e. The van der Waals surface area contributed by atoms with Crippen molar-refractivity contribution in [2.75, 3.05) is 20.7 Å². The van der Waals surface area contributed by atoms with Gasteiger partial charge in [-0.05, 0) is 50.4 Å². The van der Waals surface area contributed by atoms with Gasteiger partial charge in [0.05, 0.1) is 18.6 Å². The van der Waals surface area contributed by atoms with E-state index < -0.39 is 0 Å². The van der Waals surface area contributed by atoms with Crippen molar-refractivity contribution in [1.29, 1.82) is 5.26 Å². The van der Waals surface area contributed by atoms with E-state index >= 15 is 0 Å². The molecule has 1 aromatic carbocycles. The Morgan fingerprint density at radius 1 is 1.32 bits per heavy atom. The average Bonchev–Trinajstić information content (AvgIpc) is 3.09. The molecular formula is C16H22N2O. The van der Waals surface area contributed by atoms with Crippen molar-refractivity contribution < 1.29 is 4.74 Å². The number of ether oxygens (including phenoxy) is 1. The molecular weight excluding hydrogens is 236 g/mol. The van der Waals surface area contributed by atoms with Crippen LogP contribution in [0.2, 0.25) is 0 Å². The molecule has 0 atom stereocenters. The van der Waals surface area contributed by atoms with Gasteiger partial charge in [0.15, 0.2) is 0 Å². The highest BCUT2D eigenvalue weighted by Gasteiger charge is 2.43. The fraction of sp³-hybridized carbons (Fsp3) is 0.562. The fourth-order valence-electron chi connectivity index (χ4n) is 2.79. The highest BCUT2D eigenvalue weighted by molar-refractivity contribution is 5.43. The highest BCUT2D eigenvalue weighted by Crippen LogP contribution is 2.45. The molecule has 0 unspecified atom stereocenters. The zero-order chi connectivity index (χ0) is 14.0. The van der Waals surface area contributed by atoms with Crippen molar-refractivity contribution >= 4 is 0 Å². The van der Waals surface area contributed by atoms with Crippen LogP contribution in [0.5, 0.6) is 5.75 Å². The van der Waals surface area contributed by atoms with Gasteiger partial charge in [-0.3, -0.25) is 0 Å². The Hall–Kier alpha value is -1.53. The third kappa shape index (κ3) is 3.08. The van der Waals surface area contributed by atoms with Gasteiger partial charge in [-0.25, -0.2) is 0 Å². The number of nitriles is 1. The lowest BCUT2D eigenvalue weighted by Crippen LogP contribution is -2.25. The Morgan fingerprint density at radius 2 is 1.89 bits per heavy atom. The number of benzene rings is 1. The van der Waals surface area contributed by atoms with Crippen molar-refractivity contribution in [3.05, 3.63) is 28.8 Å². The number of aryl methyl sites for hydroxylation is 2. The molecule has 0 N–H and O–H groups in total. The molecule has 1 aliphatic rings. The number of nitrogens with zero attached hydrogens (tertiary/aromatic N) is 2. The SMILES string of the molecule is COc1c(C)cc(CN(C)CC2(C#N)CC2)cc1C. The summed E-state index contributed by atoms with van der Waals surface area (Å²) in [6.45, 7) is 5.91. The predicted molar refractivity (Wildman–Crippen MR) is 76.1 cm³/mol. The maximum absolute atomic E-state index is 9.13. The van der Waals surface area contributed by atoms with E-state index in [1.165, 1.54) is 16.7 Å². The van der Waals surface area contributed by atoms with Crippen molar-refractivity contribution in [1.82, 2.24) is 4.90 Å². The van der Waals surface area contributed by atoms with Gasteiger partial charge in [0.25, 0.3) is 0 Å². The summed E-state index contributed by atoms with van der Waals surface area (Å²) in [5, 5.41) is 9.13. The lowest BCUT2D eigenvalue weighted by atomic mass is 10.0. The third-order valence-electron chi connectivity index (χ3n) is 3.84. The zero-order valence-electron chi connectivity index (χ0n) is 12.3. The predicted octanol–water partition coefficient (Wildman–Crippen LogP) is 3.05. The van der Waals surface area contributed by atoms with Crippen LogP contribution in [0.3, 0.4) is 0 Å².